The number of aliphatic hydroxyl groups excluding tert-OH is 2. The van der Waals surface area contributed by atoms with E-state index in [2.05, 4.69) is 4.98 Å². The molecule has 0 spiro atoms. The van der Waals surface area contributed by atoms with E-state index in [1.807, 2.05) is 11.4 Å². The average Bonchev–Trinajstić information content (AvgIpc) is 3.11. The minimum absolute atomic E-state index is 0.142. The zero-order valence-electron chi connectivity index (χ0n) is 10.6. The Morgan fingerprint density at radius 1 is 1.45 bits per heavy atom. The molecule has 1 saturated heterocycles. The van der Waals surface area contributed by atoms with E-state index in [4.69, 9.17) is 4.42 Å². The zero-order valence-corrected chi connectivity index (χ0v) is 11.4. The van der Waals surface area contributed by atoms with E-state index < -0.39 is 12.2 Å². The largest absolute Gasteiger partial charge is 0.462 e. The summed E-state index contributed by atoms with van der Waals surface area (Å²) in [5.41, 5.74) is 0.669. The lowest BCUT2D eigenvalue weighted by Crippen LogP contribution is -2.31. The zero-order chi connectivity index (χ0) is 14.1. The Morgan fingerprint density at radius 2 is 2.20 bits per heavy atom. The highest BCUT2D eigenvalue weighted by Crippen LogP contribution is 2.24. The van der Waals surface area contributed by atoms with E-state index in [0.717, 1.165) is 5.01 Å². The summed E-state index contributed by atoms with van der Waals surface area (Å²) in [6.45, 7) is 0.352. The monoisotopic (exact) mass is 294 g/mol. The molecule has 2 N–H and O–H groups in total. The fraction of sp³-hybridized carbons (Fsp3) is 0.385. The highest BCUT2D eigenvalue weighted by molar-refractivity contribution is 7.13. The SMILES string of the molecule is O=C(Cc1csc(-c2ccco2)n1)N1C[C@@H](O)[C@@H](O)C1. The van der Waals surface area contributed by atoms with Gasteiger partial charge in [-0.1, -0.05) is 0 Å². The summed E-state index contributed by atoms with van der Waals surface area (Å²) in [5, 5.41) is 21.4. The van der Waals surface area contributed by atoms with Crippen molar-refractivity contribution in [3.05, 3.63) is 29.5 Å². The molecule has 0 bridgehead atoms. The van der Waals surface area contributed by atoms with Gasteiger partial charge in [0.15, 0.2) is 10.8 Å². The number of hydrogen-bond acceptors (Lipinski definition) is 6. The number of β-amino-alcohol motifs (C(OH)–C–C–N with tert-alkyl or cyclic N) is 2. The maximum absolute atomic E-state index is 12.0. The number of rotatable bonds is 3. The number of likely N-dealkylation sites (tertiary alicyclic amines) is 1. The van der Waals surface area contributed by atoms with Gasteiger partial charge in [0.2, 0.25) is 5.91 Å². The van der Waals surface area contributed by atoms with Crippen molar-refractivity contribution in [3.63, 3.8) is 0 Å². The highest BCUT2D eigenvalue weighted by Gasteiger charge is 2.32. The fourth-order valence-corrected chi connectivity index (χ4v) is 2.93. The quantitative estimate of drug-likeness (QED) is 0.861. The third-order valence-electron chi connectivity index (χ3n) is 3.23. The number of hydrogen-bond donors (Lipinski definition) is 2. The number of amides is 1. The average molecular weight is 294 g/mol. The third-order valence-corrected chi connectivity index (χ3v) is 4.13. The second kappa shape index (κ2) is 5.35. The molecule has 2 atom stereocenters. The summed E-state index contributed by atoms with van der Waals surface area (Å²) in [7, 11) is 0. The molecule has 1 amide bonds. The van der Waals surface area contributed by atoms with Crippen molar-refractivity contribution < 1.29 is 19.4 Å². The fourth-order valence-electron chi connectivity index (χ4n) is 2.14. The predicted octanol–water partition coefficient (Wildman–Crippen LogP) is 0.510. The van der Waals surface area contributed by atoms with Crippen molar-refractivity contribution in [3.8, 4) is 10.8 Å². The number of carbonyl (C=O) groups excluding carboxylic acids is 1. The number of aromatic nitrogens is 1. The van der Waals surface area contributed by atoms with Gasteiger partial charge in [-0.3, -0.25) is 4.79 Å². The molecule has 0 saturated carbocycles. The van der Waals surface area contributed by atoms with Gasteiger partial charge in [0.1, 0.15) is 0 Å². The Balaban J connectivity index is 1.65. The van der Waals surface area contributed by atoms with Crippen molar-refractivity contribution in [1.82, 2.24) is 9.88 Å². The molecule has 20 heavy (non-hydrogen) atoms. The van der Waals surface area contributed by atoms with Gasteiger partial charge >= 0.3 is 0 Å². The predicted molar refractivity (Wildman–Crippen MR) is 72.1 cm³/mol. The van der Waals surface area contributed by atoms with Gasteiger partial charge in [0, 0.05) is 18.5 Å². The second-order valence-corrected chi connectivity index (χ2v) is 5.59. The van der Waals surface area contributed by atoms with E-state index >= 15 is 0 Å². The molecule has 1 aliphatic heterocycles. The molecular formula is C13H14N2O4S. The molecule has 0 radical (unpaired) electrons. The van der Waals surface area contributed by atoms with Crippen LogP contribution in [0.4, 0.5) is 0 Å². The van der Waals surface area contributed by atoms with Gasteiger partial charge in [-0.05, 0) is 12.1 Å². The molecule has 106 valence electrons. The van der Waals surface area contributed by atoms with Crippen LogP contribution in [0, 0.1) is 0 Å². The van der Waals surface area contributed by atoms with Gasteiger partial charge in [-0.25, -0.2) is 4.98 Å². The highest BCUT2D eigenvalue weighted by atomic mass is 32.1. The molecule has 1 fully saturated rings. The Labute approximate surface area is 119 Å². The first-order valence-electron chi connectivity index (χ1n) is 6.25. The van der Waals surface area contributed by atoms with E-state index in [1.54, 1.807) is 12.3 Å². The Bertz CT molecular complexity index is 585. The van der Waals surface area contributed by atoms with Crippen LogP contribution in [0.15, 0.2) is 28.2 Å². The van der Waals surface area contributed by atoms with E-state index in [-0.39, 0.29) is 25.4 Å². The normalized spacial score (nSPS) is 22.4. The summed E-state index contributed by atoms with van der Waals surface area (Å²) >= 11 is 1.42. The number of carbonyl (C=O) groups is 1. The van der Waals surface area contributed by atoms with Gasteiger partial charge in [-0.15, -0.1) is 11.3 Å². The lowest BCUT2D eigenvalue weighted by atomic mass is 10.3. The van der Waals surface area contributed by atoms with Crippen LogP contribution < -0.4 is 0 Å². The third kappa shape index (κ3) is 2.60. The molecule has 0 unspecified atom stereocenters. The van der Waals surface area contributed by atoms with Gasteiger partial charge < -0.3 is 19.5 Å². The van der Waals surface area contributed by atoms with Gasteiger partial charge in [0.05, 0.1) is 30.6 Å². The van der Waals surface area contributed by atoms with E-state index in [0.29, 0.717) is 11.5 Å². The molecule has 0 aromatic carbocycles. The van der Waals surface area contributed by atoms with Gasteiger partial charge in [-0.2, -0.15) is 0 Å². The number of furan rings is 1. The van der Waals surface area contributed by atoms with E-state index in [1.165, 1.54) is 16.2 Å². The van der Waals surface area contributed by atoms with Crippen molar-refractivity contribution in [2.45, 2.75) is 18.6 Å². The summed E-state index contributed by atoms with van der Waals surface area (Å²) in [6.07, 6.45) is 0.0340. The number of thiazole rings is 1. The van der Waals surface area contributed by atoms with Crippen LogP contribution in [-0.4, -0.2) is 51.3 Å². The van der Waals surface area contributed by atoms with Crippen LogP contribution >= 0.6 is 11.3 Å². The first-order valence-corrected chi connectivity index (χ1v) is 7.13. The second-order valence-electron chi connectivity index (χ2n) is 4.73. The van der Waals surface area contributed by atoms with Crippen LogP contribution in [0.25, 0.3) is 10.8 Å². The molecule has 2 aromatic rings. The van der Waals surface area contributed by atoms with E-state index in [9.17, 15) is 15.0 Å². The summed E-state index contributed by atoms with van der Waals surface area (Å²) in [6, 6.07) is 3.60. The van der Waals surface area contributed by atoms with Crippen molar-refractivity contribution in [2.75, 3.05) is 13.1 Å². The van der Waals surface area contributed by atoms with Crippen molar-refractivity contribution in [2.24, 2.45) is 0 Å². The first kappa shape index (κ1) is 13.3. The lowest BCUT2D eigenvalue weighted by Gasteiger charge is -2.14. The maximum atomic E-state index is 12.0. The van der Waals surface area contributed by atoms with Crippen LogP contribution in [-0.2, 0) is 11.2 Å². The molecular weight excluding hydrogens is 280 g/mol. The molecule has 0 aliphatic carbocycles. The number of nitrogens with zero attached hydrogens (tertiary/aromatic N) is 2. The van der Waals surface area contributed by atoms with Gasteiger partial charge in [0.25, 0.3) is 0 Å². The van der Waals surface area contributed by atoms with Crippen molar-refractivity contribution >= 4 is 17.2 Å². The maximum Gasteiger partial charge on any atom is 0.228 e. The van der Waals surface area contributed by atoms with Crippen LogP contribution in [0.2, 0.25) is 0 Å². The van der Waals surface area contributed by atoms with Crippen LogP contribution in [0.1, 0.15) is 5.69 Å². The molecule has 1 aliphatic rings. The molecule has 2 aromatic heterocycles. The first-order chi connectivity index (χ1) is 9.63. The summed E-state index contributed by atoms with van der Waals surface area (Å²) in [4.78, 5) is 17.9. The number of aliphatic hydroxyl groups is 2. The molecule has 3 heterocycles. The topological polar surface area (TPSA) is 86.8 Å². The molecule has 6 nitrogen and oxygen atoms in total. The van der Waals surface area contributed by atoms with Crippen LogP contribution in [0.5, 0.6) is 0 Å². The smallest absolute Gasteiger partial charge is 0.228 e. The standard InChI is InChI=1S/C13H14N2O4S/c16-9-5-15(6-10(9)17)12(18)4-8-7-20-13(14-8)11-2-1-3-19-11/h1-3,7,9-10,16-17H,4-6H2/t9-,10+. The summed E-state index contributed by atoms with van der Waals surface area (Å²) in [5.74, 6) is 0.539. The Kier molecular flexibility index (Phi) is 3.56. The van der Waals surface area contributed by atoms with Crippen molar-refractivity contribution in [1.29, 1.82) is 0 Å². The minimum Gasteiger partial charge on any atom is -0.462 e. The van der Waals surface area contributed by atoms with Crippen LogP contribution in [0.3, 0.4) is 0 Å². The lowest BCUT2D eigenvalue weighted by molar-refractivity contribution is -0.130. The Hall–Kier alpha value is -1.70. The minimum atomic E-state index is -0.854. The summed E-state index contributed by atoms with van der Waals surface area (Å²) < 4.78 is 5.25. The Morgan fingerprint density at radius 3 is 2.85 bits per heavy atom. The molecule has 3 rings (SSSR count). The molecule has 7 heteroatoms.